The first-order valence-electron chi connectivity index (χ1n) is 5.68. The summed E-state index contributed by atoms with van der Waals surface area (Å²) in [5, 5.41) is 11.5. The molecule has 8 nitrogen and oxygen atoms in total. The van der Waals surface area contributed by atoms with Gasteiger partial charge in [0.15, 0.2) is 0 Å². The van der Waals surface area contributed by atoms with Gasteiger partial charge in [0, 0.05) is 12.4 Å². The van der Waals surface area contributed by atoms with Gasteiger partial charge in [-0.1, -0.05) is 6.07 Å². The highest BCUT2D eigenvalue weighted by atomic mass is 16.4. The van der Waals surface area contributed by atoms with Crippen LogP contribution in [0.2, 0.25) is 0 Å². The van der Waals surface area contributed by atoms with E-state index in [-0.39, 0.29) is 11.4 Å². The lowest BCUT2D eigenvalue weighted by atomic mass is 10.2. The van der Waals surface area contributed by atoms with E-state index in [9.17, 15) is 9.59 Å². The SMILES string of the molecule is O=C(O)c1nc2c(C(=O)Nc3ncc[nH]3)cccc2[nH]1. The zero-order chi connectivity index (χ0) is 14.1. The van der Waals surface area contributed by atoms with Crippen LogP contribution < -0.4 is 5.32 Å². The van der Waals surface area contributed by atoms with Crippen LogP contribution in [-0.2, 0) is 0 Å². The first kappa shape index (κ1) is 11.9. The number of anilines is 1. The molecule has 0 aliphatic rings. The van der Waals surface area contributed by atoms with Gasteiger partial charge in [0.1, 0.15) is 5.52 Å². The van der Waals surface area contributed by atoms with Crippen LogP contribution in [-0.4, -0.2) is 36.9 Å². The molecule has 0 fully saturated rings. The maximum atomic E-state index is 12.1. The number of carboxylic acid groups (broad SMARTS) is 1. The standard InChI is InChI=1S/C12H9N5O3/c18-10(17-12-13-4-5-14-12)6-2-1-3-7-8(6)16-9(15-7)11(19)20/h1-5H,(H,15,16)(H,19,20)(H2,13,14,17,18). The molecule has 4 N–H and O–H groups in total. The van der Waals surface area contributed by atoms with E-state index in [0.29, 0.717) is 17.0 Å². The van der Waals surface area contributed by atoms with Crippen molar-refractivity contribution < 1.29 is 14.7 Å². The number of aromatic nitrogens is 4. The monoisotopic (exact) mass is 271 g/mol. The average molecular weight is 271 g/mol. The van der Waals surface area contributed by atoms with E-state index in [0.717, 1.165) is 0 Å². The molecule has 2 aromatic heterocycles. The number of nitrogens with one attached hydrogen (secondary N) is 3. The predicted octanol–water partition coefficient (Wildman–Crippen LogP) is 1.24. The van der Waals surface area contributed by atoms with Crippen molar-refractivity contribution in [3.8, 4) is 0 Å². The molecule has 0 bridgehead atoms. The maximum Gasteiger partial charge on any atom is 0.371 e. The molecule has 20 heavy (non-hydrogen) atoms. The van der Waals surface area contributed by atoms with Crippen molar-refractivity contribution in [1.29, 1.82) is 0 Å². The van der Waals surface area contributed by atoms with Crippen molar-refractivity contribution in [2.75, 3.05) is 5.32 Å². The highest BCUT2D eigenvalue weighted by molar-refractivity contribution is 6.11. The summed E-state index contributed by atoms with van der Waals surface area (Å²) in [6.07, 6.45) is 3.08. The Morgan fingerprint density at radius 2 is 2.15 bits per heavy atom. The average Bonchev–Trinajstić information content (AvgIpc) is 3.05. The fourth-order valence-corrected chi connectivity index (χ4v) is 1.83. The molecule has 3 rings (SSSR count). The molecule has 2 heterocycles. The number of carboxylic acids is 1. The topological polar surface area (TPSA) is 124 Å². The number of fused-ring (bicyclic) bond motifs is 1. The Hall–Kier alpha value is -3.16. The minimum atomic E-state index is -1.18. The predicted molar refractivity (Wildman–Crippen MR) is 69.6 cm³/mol. The van der Waals surface area contributed by atoms with Crippen LogP contribution >= 0.6 is 0 Å². The smallest absolute Gasteiger partial charge is 0.371 e. The molecule has 3 aromatic rings. The number of aromatic amines is 2. The second kappa shape index (κ2) is 4.50. The number of benzene rings is 1. The van der Waals surface area contributed by atoms with E-state index < -0.39 is 11.9 Å². The van der Waals surface area contributed by atoms with Gasteiger partial charge in [-0.05, 0) is 12.1 Å². The molecule has 0 unspecified atom stereocenters. The molecule has 0 aliphatic carbocycles. The summed E-state index contributed by atoms with van der Waals surface area (Å²) in [5.41, 5.74) is 1.05. The van der Waals surface area contributed by atoms with Crippen LogP contribution in [0.3, 0.4) is 0 Å². The molecule has 0 atom stereocenters. The number of hydrogen-bond acceptors (Lipinski definition) is 4. The number of para-hydroxylation sites is 1. The molecular weight excluding hydrogens is 262 g/mol. The number of imidazole rings is 2. The number of amides is 1. The molecule has 1 amide bonds. The maximum absolute atomic E-state index is 12.1. The number of carbonyl (C=O) groups excluding carboxylic acids is 1. The van der Waals surface area contributed by atoms with Crippen LogP contribution in [0.25, 0.3) is 11.0 Å². The normalized spacial score (nSPS) is 10.6. The summed E-state index contributed by atoms with van der Waals surface area (Å²) in [4.78, 5) is 36.2. The second-order valence-electron chi connectivity index (χ2n) is 3.98. The number of nitrogens with zero attached hydrogens (tertiary/aromatic N) is 2. The highest BCUT2D eigenvalue weighted by Gasteiger charge is 2.16. The Kier molecular flexibility index (Phi) is 2.68. The van der Waals surface area contributed by atoms with Crippen LogP contribution in [0, 0.1) is 0 Å². The number of rotatable bonds is 3. The molecule has 0 saturated carbocycles. The highest BCUT2D eigenvalue weighted by Crippen LogP contribution is 2.17. The van der Waals surface area contributed by atoms with E-state index in [2.05, 4.69) is 25.3 Å². The summed E-state index contributed by atoms with van der Waals surface area (Å²) >= 11 is 0. The van der Waals surface area contributed by atoms with Crippen molar-refractivity contribution in [2.45, 2.75) is 0 Å². The van der Waals surface area contributed by atoms with Crippen molar-refractivity contribution >= 4 is 28.9 Å². The third-order valence-electron chi connectivity index (χ3n) is 2.69. The van der Waals surface area contributed by atoms with Gasteiger partial charge in [-0.3, -0.25) is 10.1 Å². The van der Waals surface area contributed by atoms with Crippen LogP contribution in [0.15, 0.2) is 30.6 Å². The summed E-state index contributed by atoms with van der Waals surface area (Å²) in [6.45, 7) is 0. The van der Waals surface area contributed by atoms with Gasteiger partial charge in [0.2, 0.25) is 11.8 Å². The lowest BCUT2D eigenvalue weighted by Gasteiger charge is -2.02. The van der Waals surface area contributed by atoms with E-state index in [1.54, 1.807) is 24.4 Å². The zero-order valence-electron chi connectivity index (χ0n) is 10.0. The Morgan fingerprint density at radius 1 is 1.30 bits per heavy atom. The van der Waals surface area contributed by atoms with E-state index in [4.69, 9.17) is 5.11 Å². The third-order valence-corrected chi connectivity index (χ3v) is 2.69. The summed E-state index contributed by atoms with van der Waals surface area (Å²) < 4.78 is 0. The fourth-order valence-electron chi connectivity index (χ4n) is 1.83. The van der Waals surface area contributed by atoms with E-state index >= 15 is 0 Å². The molecule has 0 aliphatic heterocycles. The van der Waals surface area contributed by atoms with Gasteiger partial charge >= 0.3 is 5.97 Å². The molecular formula is C12H9N5O3. The Labute approximate surface area is 111 Å². The second-order valence-corrected chi connectivity index (χ2v) is 3.98. The van der Waals surface area contributed by atoms with Gasteiger partial charge in [-0.15, -0.1) is 0 Å². The van der Waals surface area contributed by atoms with Crippen LogP contribution in [0.4, 0.5) is 5.95 Å². The van der Waals surface area contributed by atoms with Crippen LogP contribution in [0.1, 0.15) is 21.0 Å². The lowest BCUT2D eigenvalue weighted by molar-refractivity contribution is 0.0685. The first-order valence-corrected chi connectivity index (χ1v) is 5.68. The number of aromatic carboxylic acids is 1. The summed E-state index contributed by atoms with van der Waals surface area (Å²) in [7, 11) is 0. The first-order chi connectivity index (χ1) is 9.65. The zero-order valence-corrected chi connectivity index (χ0v) is 10.0. The van der Waals surface area contributed by atoms with Gasteiger partial charge in [0.25, 0.3) is 5.91 Å². The van der Waals surface area contributed by atoms with Gasteiger partial charge in [0.05, 0.1) is 11.1 Å². The Bertz CT molecular complexity index is 791. The Balaban J connectivity index is 2.02. The molecule has 8 heteroatoms. The molecule has 0 radical (unpaired) electrons. The van der Waals surface area contributed by atoms with E-state index in [1.807, 2.05) is 0 Å². The Morgan fingerprint density at radius 3 is 2.85 bits per heavy atom. The van der Waals surface area contributed by atoms with Gasteiger partial charge < -0.3 is 15.1 Å². The lowest BCUT2D eigenvalue weighted by Crippen LogP contribution is -2.13. The molecule has 100 valence electrons. The number of H-pyrrole nitrogens is 2. The number of hydrogen-bond donors (Lipinski definition) is 4. The van der Waals surface area contributed by atoms with Crippen molar-refractivity contribution in [3.05, 3.63) is 42.0 Å². The van der Waals surface area contributed by atoms with Crippen molar-refractivity contribution in [2.24, 2.45) is 0 Å². The van der Waals surface area contributed by atoms with Gasteiger partial charge in [-0.25, -0.2) is 14.8 Å². The quantitative estimate of drug-likeness (QED) is 0.570. The fraction of sp³-hybridized carbons (Fsp3) is 0. The van der Waals surface area contributed by atoms with Gasteiger partial charge in [-0.2, -0.15) is 0 Å². The summed E-state index contributed by atoms with van der Waals surface area (Å²) in [6, 6.07) is 4.86. The largest absolute Gasteiger partial charge is 0.475 e. The number of carbonyl (C=O) groups is 2. The van der Waals surface area contributed by atoms with Crippen molar-refractivity contribution in [3.63, 3.8) is 0 Å². The molecule has 1 aromatic carbocycles. The summed E-state index contributed by atoms with van der Waals surface area (Å²) in [5.74, 6) is -1.51. The minimum Gasteiger partial charge on any atom is -0.475 e. The molecule has 0 saturated heterocycles. The third kappa shape index (κ3) is 1.99. The van der Waals surface area contributed by atoms with Crippen molar-refractivity contribution in [1.82, 2.24) is 19.9 Å². The van der Waals surface area contributed by atoms with E-state index in [1.165, 1.54) is 6.20 Å². The molecule has 0 spiro atoms. The minimum absolute atomic E-state index is 0.210. The van der Waals surface area contributed by atoms with Crippen LogP contribution in [0.5, 0.6) is 0 Å².